The standard InChI is InChI=1S/C22H26ClN7O2S/c1-14-4-3-5-16(23)20(14)28-21(32)17-13-24-22(33-17)27-18-12-19(26-15(2)25-18)30-8-6-29(7-9-30)10-11-31/h3-5,12-13,31H,6-11H2,1-2H3,(H,28,32)(H,24,25,26,27)/i1D3,6D2,7D2,8D2,9D2. The number of thiazole rings is 1. The molecule has 33 heavy (non-hydrogen) atoms. The van der Waals surface area contributed by atoms with Crippen LogP contribution in [-0.4, -0.2) is 70.0 Å². The number of β-amino-alcohol motifs (C(OH)–C–C–N with tert-alkyl or cyclic N) is 1. The molecule has 2 aromatic heterocycles. The highest BCUT2D eigenvalue weighted by atomic mass is 35.5. The van der Waals surface area contributed by atoms with Crippen LogP contribution in [0.3, 0.4) is 0 Å². The fraction of sp³-hybridized carbons (Fsp3) is 0.364. The summed E-state index contributed by atoms with van der Waals surface area (Å²) < 4.78 is 90.8. The fourth-order valence-electron chi connectivity index (χ4n) is 2.71. The Bertz CT molecular complexity index is 1540. The van der Waals surface area contributed by atoms with Crippen LogP contribution in [0.2, 0.25) is 5.02 Å². The molecule has 174 valence electrons. The maximum atomic E-state index is 12.9. The summed E-state index contributed by atoms with van der Waals surface area (Å²) in [6.07, 6.45) is 1.20. The molecule has 0 atom stereocenters. The van der Waals surface area contributed by atoms with E-state index in [4.69, 9.17) is 26.7 Å². The minimum Gasteiger partial charge on any atom is -0.395 e. The first kappa shape index (κ1) is 13.2. The Morgan fingerprint density at radius 3 is 2.91 bits per heavy atom. The monoisotopic (exact) mass is 498 g/mol. The van der Waals surface area contributed by atoms with Crippen LogP contribution in [-0.2, 0) is 0 Å². The molecule has 1 amide bonds. The predicted octanol–water partition coefficient (Wildman–Crippen LogP) is 3.31. The molecule has 4 rings (SSSR count). The number of anilines is 4. The van der Waals surface area contributed by atoms with Crippen LogP contribution in [0.15, 0.2) is 30.5 Å². The number of carbonyl (C=O) groups is 1. The minimum absolute atomic E-state index is 0.0130. The molecule has 0 radical (unpaired) electrons. The highest BCUT2D eigenvalue weighted by Crippen LogP contribution is 2.28. The number of aliphatic hydroxyl groups excluding tert-OH is 1. The molecule has 11 heteroatoms. The number of para-hydroxylation sites is 1. The number of hydrogen-bond acceptors (Lipinski definition) is 9. The van der Waals surface area contributed by atoms with Crippen LogP contribution in [0.4, 0.5) is 22.5 Å². The summed E-state index contributed by atoms with van der Waals surface area (Å²) >= 11 is 6.99. The number of nitrogens with one attached hydrogen (secondary N) is 2. The number of aliphatic hydroxyl groups is 1. The number of aromatic nitrogens is 3. The average molecular weight is 499 g/mol. The van der Waals surface area contributed by atoms with Gasteiger partial charge in [-0.1, -0.05) is 35.1 Å². The van der Waals surface area contributed by atoms with Gasteiger partial charge in [-0.2, -0.15) is 0 Å². The lowest BCUT2D eigenvalue weighted by atomic mass is 10.2. The fourth-order valence-corrected chi connectivity index (χ4v) is 3.65. The number of piperazine rings is 1. The smallest absolute Gasteiger partial charge is 0.267 e. The number of hydrogen-bond donors (Lipinski definition) is 3. The second-order valence-corrected chi connectivity index (χ2v) is 8.03. The van der Waals surface area contributed by atoms with Crippen molar-refractivity contribution in [1.82, 2.24) is 19.9 Å². The summed E-state index contributed by atoms with van der Waals surface area (Å²) in [5.74, 6) is -1.27. The zero-order valence-corrected chi connectivity index (χ0v) is 18.8. The lowest BCUT2D eigenvalue weighted by Crippen LogP contribution is -2.47. The highest BCUT2D eigenvalue weighted by molar-refractivity contribution is 7.17. The van der Waals surface area contributed by atoms with Crippen molar-refractivity contribution < 1.29 is 25.0 Å². The Morgan fingerprint density at radius 1 is 1.33 bits per heavy atom. The predicted molar refractivity (Wildman–Crippen MR) is 132 cm³/mol. The first-order valence-corrected chi connectivity index (χ1v) is 10.7. The molecule has 1 saturated heterocycles. The maximum Gasteiger partial charge on any atom is 0.267 e. The van der Waals surface area contributed by atoms with Gasteiger partial charge in [0.25, 0.3) is 5.91 Å². The molecule has 1 aliphatic rings. The number of halogens is 1. The summed E-state index contributed by atoms with van der Waals surface area (Å²) in [6.45, 7) is -15.2. The second-order valence-electron chi connectivity index (χ2n) is 6.59. The molecule has 3 N–H and O–H groups in total. The Labute approximate surface area is 216 Å². The van der Waals surface area contributed by atoms with Crippen LogP contribution in [0.1, 0.15) is 36.1 Å². The number of carbonyl (C=O) groups excluding carboxylic acids is 1. The van der Waals surface area contributed by atoms with Crippen LogP contribution >= 0.6 is 22.9 Å². The largest absolute Gasteiger partial charge is 0.395 e. The number of rotatable bonds is 7. The lowest BCUT2D eigenvalue weighted by Gasteiger charge is -2.35. The quantitative estimate of drug-likeness (QED) is 0.455. The van der Waals surface area contributed by atoms with Crippen molar-refractivity contribution in [3.8, 4) is 0 Å². The first-order chi connectivity index (χ1) is 20.2. The van der Waals surface area contributed by atoms with E-state index in [1.165, 1.54) is 31.3 Å². The number of amides is 1. The Balaban J connectivity index is 1.65. The molecule has 3 aromatic rings. The van der Waals surface area contributed by atoms with E-state index in [0.717, 1.165) is 17.4 Å². The van der Waals surface area contributed by atoms with Crippen molar-refractivity contribution >= 4 is 51.3 Å². The van der Waals surface area contributed by atoms with Crippen LogP contribution in [0, 0.1) is 13.8 Å². The minimum atomic E-state index is -3.20. The Kier molecular flexibility index (Phi) is 4.17. The molecular formula is C22H26ClN7O2S. The van der Waals surface area contributed by atoms with Gasteiger partial charge in [-0.25, -0.2) is 15.0 Å². The normalized spacial score (nSPS) is 25.8. The van der Waals surface area contributed by atoms with Gasteiger partial charge in [0, 0.05) is 48.2 Å². The lowest BCUT2D eigenvalue weighted by molar-refractivity contribution is 0.103. The molecule has 0 saturated carbocycles. The number of benzene rings is 1. The molecule has 1 aliphatic heterocycles. The highest BCUT2D eigenvalue weighted by Gasteiger charge is 2.19. The van der Waals surface area contributed by atoms with Gasteiger partial charge in [0.15, 0.2) is 5.13 Å². The van der Waals surface area contributed by atoms with Crippen LogP contribution in [0.25, 0.3) is 0 Å². The Morgan fingerprint density at radius 2 is 2.15 bits per heavy atom. The van der Waals surface area contributed by atoms with Gasteiger partial charge in [0.05, 0.1) is 29.0 Å². The summed E-state index contributed by atoms with van der Waals surface area (Å²) in [5.41, 5.74) is -0.239. The molecule has 0 spiro atoms. The van der Waals surface area contributed by atoms with Crippen LogP contribution < -0.4 is 15.5 Å². The van der Waals surface area contributed by atoms with Gasteiger partial charge in [0.1, 0.15) is 22.3 Å². The van der Waals surface area contributed by atoms with Gasteiger partial charge < -0.3 is 20.6 Å². The molecule has 1 aromatic carbocycles. The number of nitrogens with zero attached hydrogens (tertiary/aromatic N) is 5. The van der Waals surface area contributed by atoms with Crippen molar-refractivity contribution in [3.05, 3.63) is 51.7 Å². The SMILES string of the molecule is [2H]C([2H])([2H])c1cccc(Cl)c1NC(=O)c1cnc(Nc2cc(N3C([2H])([2H])C([2H])([2H])N(CCO)C([2H])([2H])C3([2H])[2H])nc(C)n2)s1. The van der Waals surface area contributed by atoms with E-state index < -0.39 is 57.7 Å². The molecule has 0 bridgehead atoms. The van der Waals surface area contributed by atoms with E-state index in [1.807, 2.05) is 0 Å². The van der Waals surface area contributed by atoms with Crippen molar-refractivity contribution in [2.45, 2.75) is 13.8 Å². The summed E-state index contributed by atoms with van der Waals surface area (Å²) in [4.78, 5) is 25.9. The topological polar surface area (TPSA) is 107 Å². The van der Waals surface area contributed by atoms with Crippen molar-refractivity contribution in [2.24, 2.45) is 0 Å². The van der Waals surface area contributed by atoms with E-state index in [-0.39, 0.29) is 42.8 Å². The third kappa shape index (κ3) is 5.77. The van der Waals surface area contributed by atoms with Gasteiger partial charge >= 0.3 is 0 Å². The third-order valence-electron chi connectivity index (χ3n) is 4.19. The maximum absolute atomic E-state index is 12.9. The molecular weight excluding hydrogens is 462 g/mol. The molecule has 1 fully saturated rings. The Hall–Kier alpha value is -2.79. The van der Waals surface area contributed by atoms with E-state index in [1.54, 1.807) is 0 Å². The molecule has 3 heterocycles. The summed E-state index contributed by atoms with van der Waals surface area (Å²) in [7, 11) is 0. The van der Waals surface area contributed by atoms with Crippen LogP contribution in [0.5, 0.6) is 0 Å². The van der Waals surface area contributed by atoms with E-state index in [9.17, 15) is 9.90 Å². The zero-order chi connectivity index (χ0) is 33.0. The first-order valence-electron chi connectivity index (χ1n) is 15.0. The summed E-state index contributed by atoms with van der Waals surface area (Å²) in [5, 5.41) is 14.8. The van der Waals surface area contributed by atoms with Gasteiger partial charge in [-0.05, 0) is 25.4 Å². The van der Waals surface area contributed by atoms with Crippen molar-refractivity contribution in [3.63, 3.8) is 0 Å². The van der Waals surface area contributed by atoms with E-state index >= 15 is 0 Å². The molecule has 0 unspecified atom stereocenters. The third-order valence-corrected chi connectivity index (χ3v) is 5.41. The van der Waals surface area contributed by atoms with Gasteiger partial charge in [-0.3, -0.25) is 9.69 Å². The molecule has 0 aliphatic carbocycles. The van der Waals surface area contributed by atoms with Crippen molar-refractivity contribution in [1.29, 1.82) is 0 Å². The number of aryl methyl sites for hydroxylation is 2. The van der Waals surface area contributed by atoms with Crippen molar-refractivity contribution in [2.75, 3.05) is 54.7 Å². The zero-order valence-electron chi connectivity index (χ0n) is 28.2. The average Bonchev–Trinajstić information content (AvgIpc) is 3.34. The second kappa shape index (κ2) is 10.4. The van der Waals surface area contributed by atoms with E-state index in [2.05, 4.69) is 25.6 Å². The van der Waals surface area contributed by atoms with E-state index in [0.29, 0.717) is 4.90 Å². The van der Waals surface area contributed by atoms with Gasteiger partial charge in [-0.15, -0.1) is 0 Å². The van der Waals surface area contributed by atoms with Gasteiger partial charge in [0.2, 0.25) is 0 Å². The molecule has 9 nitrogen and oxygen atoms in total. The summed E-state index contributed by atoms with van der Waals surface area (Å²) in [6, 6.07) is 5.26.